The summed E-state index contributed by atoms with van der Waals surface area (Å²) in [7, 11) is 0. The fraction of sp³-hybridized carbons (Fsp3) is 0.312. The van der Waals surface area contributed by atoms with Gasteiger partial charge in [-0.25, -0.2) is 13.8 Å². The molecule has 0 saturated carbocycles. The van der Waals surface area contributed by atoms with Gasteiger partial charge >= 0.3 is 5.97 Å². The highest BCUT2D eigenvalue weighted by Gasteiger charge is 2.31. The van der Waals surface area contributed by atoms with Crippen LogP contribution in [-0.4, -0.2) is 46.3 Å². The Hall–Kier alpha value is -4.60. The second-order valence-corrected chi connectivity index (χ2v) is 10.8. The Morgan fingerprint density at radius 1 is 1.10 bits per heavy atom. The number of alkyl halides is 2. The lowest BCUT2D eigenvalue weighted by Gasteiger charge is -2.26. The largest absolute Gasteiger partial charge is 0.481 e. The van der Waals surface area contributed by atoms with Crippen LogP contribution < -0.4 is 5.32 Å². The zero-order chi connectivity index (χ0) is 29.9. The quantitative estimate of drug-likeness (QED) is 0.283. The van der Waals surface area contributed by atoms with E-state index in [1.165, 1.54) is 0 Å². The van der Waals surface area contributed by atoms with Crippen LogP contribution in [0, 0.1) is 11.3 Å². The molecule has 0 fully saturated rings. The molecule has 3 aromatic rings. The monoisotopic (exact) mass is 574 g/mol. The van der Waals surface area contributed by atoms with Crippen molar-refractivity contribution in [2.75, 3.05) is 11.9 Å². The van der Waals surface area contributed by atoms with Gasteiger partial charge in [-0.15, -0.1) is 5.10 Å². The summed E-state index contributed by atoms with van der Waals surface area (Å²) in [5, 5.41) is 26.6. The molecule has 0 aromatic heterocycles. The van der Waals surface area contributed by atoms with E-state index < -0.39 is 36.1 Å². The smallest absolute Gasteiger partial charge is 0.307 e. The first kappa shape index (κ1) is 28.9. The van der Waals surface area contributed by atoms with Gasteiger partial charge in [0.1, 0.15) is 6.61 Å². The third kappa shape index (κ3) is 6.82. The molecule has 1 aliphatic carbocycles. The zero-order valence-corrected chi connectivity index (χ0v) is 23.1. The van der Waals surface area contributed by atoms with Crippen LogP contribution in [0.3, 0.4) is 0 Å². The van der Waals surface area contributed by atoms with Gasteiger partial charge in [-0.05, 0) is 66.6 Å². The molecule has 3 aromatic carbocycles. The number of amides is 1. The van der Waals surface area contributed by atoms with E-state index in [1.54, 1.807) is 41.4 Å². The Morgan fingerprint density at radius 2 is 1.83 bits per heavy atom. The average molecular weight is 575 g/mol. The first-order valence-corrected chi connectivity index (χ1v) is 13.8. The molecule has 1 amide bonds. The molecule has 5 rings (SSSR count). The van der Waals surface area contributed by atoms with E-state index in [2.05, 4.69) is 10.4 Å². The number of carboxylic acids is 1. The van der Waals surface area contributed by atoms with Gasteiger partial charge in [-0.3, -0.25) is 15.0 Å². The molecular weight excluding hydrogens is 542 g/mol. The van der Waals surface area contributed by atoms with Gasteiger partial charge < -0.3 is 15.2 Å². The number of aliphatic carboxylic acids is 1. The van der Waals surface area contributed by atoms with Crippen molar-refractivity contribution in [1.82, 2.24) is 5.01 Å². The van der Waals surface area contributed by atoms with Gasteiger partial charge in [0, 0.05) is 17.7 Å². The van der Waals surface area contributed by atoms with E-state index in [4.69, 9.17) is 10.1 Å². The molecule has 8 nitrogen and oxygen atoms in total. The van der Waals surface area contributed by atoms with Crippen molar-refractivity contribution < 1.29 is 28.2 Å². The molecule has 2 aliphatic rings. The van der Waals surface area contributed by atoms with E-state index in [0.717, 1.165) is 29.2 Å². The van der Waals surface area contributed by atoms with Crippen LogP contribution in [0.4, 0.5) is 14.5 Å². The summed E-state index contributed by atoms with van der Waals surface area (Å²) in [6.07, 6.45) is 0.153. The topological polar surface area (TPSA) is 115 Å². The molecule has 0 bridgehead atoms. The van der Waals surface area contributed by atoms with E-state index in [9.17, 15) is 23.5 Å². The van der Waals surface area contributed by atoms with Crippen molar-refractivity contribution in [2.45, 2.75) is 51.0 Å². The number of anilines is 1. The van der Waals surface area contributed by atoms with Crippen molar-refractivity contribution in [3.8, 4) is 0 Å². The number of hydrazone groups is 1. The molecule has 0 radical (unpaired) electrons. The molecule has 10 heteroatoms. The maximum atomic E-state index is 13.9. The fourth-order valence-corrected chi connectivity index (χ4v) is 5.30. The van der Waals surface area contributed by atoms with Crippen LogP contribution in [0.5, 0.6) is 0 Å². The van der Waals surface area contributed by atoms with Crippen molar-refractivity contribution >= 4 is 29.3 Å². The number of fused-ring (bicyclic) bond motifs is 1. The molecular formula is C32H32F2N4O4. The number of amidine groups is 1. The van der Waals surface area contributed by atoms with E-state index in [0.29, 0.717) is 36.5 Å². The van der Waals surface area contributed by atoms with E-state index in [1.807, 2.05) is 36.4 Å². The number of nitrogens with one attached hydrogen (secondary N) is 2. The highest BCUT2D eigenvalue weighted by molar-refractivity contribution is 5.98. The Labute approximate surface area is 242 Å². The summed E-state index contributed by atoms with van der Waals surface area (Å²) in [6, 6.07) is 21.8. The third-order valence-electron chi connectivity index (χ3n) is 7.59. The molecule has 2 atom stereocenters. The predicted octanol–water partition coefficient (Wildman–Crippen LogP) is 5.81. The van der Waals surface area contributed by atoms with Gasteiger partial charge in [-0.2, -0.15) is 0 Å². The van der Waals surface area contributed by atoms with Gasteiger partial charge in [0.15, 0.2) is 5.84 Å². The molecule has 0 spiro atoms. The Bertz CT molecular complexity index is 1500. The number of rotatable bonds is 10. The molecule has 218 valence electrons. The Balaban J connectivity index is 1.33. The van der Waals surface area contributed by atoms with Gasteiger partial charge in [0.25, 0.3) is 0 Å². The number of hydrogen-bond acceptors (Lipinski definition) is 5. The van der Waals surface area contributed by atoms with E-state index >= 15 is 0 Å². The maximum absolute atomic E-state index is 13.9. The first-order chi connectivity index (χ1) is 20.1. The SMILES string of the molecule is CC(F)(F)CCC(C(=O)Nc1cccc2c1CC(C(=O)O)C2)c1ccc(CN2N=C(c3ccccc3)OCC2=N)cc1. The van der Waals surface area contributed by atoms with Crippen LogP contribution in [0.1, 0.15) is 53.5 Å². The third-order valence-corrected chi connectivity index (χ3v) is 7.59. The zero-order valence-electron chi connectivity index (χ0n) is 23.1. The lowest BCUT2D eigenvalue weighted by atomic mass is 9.91. The highest BCUT2D eigenvalue weighted by atomic mass is 19.3. The molecule has 3 N–H and O–H groups in total. The van der Waals surface area contributed by atoms with Gasteiger partial charge in [-0.1, -0.05) is 54.6 Å². The average Bonchev–Trinajstić information content (AvgIpc) is 3.41. The standard InChI is InChI=1S/C32H32F2N4O4/c1-32(33,34)15-14-25(29(39)36-27-9-5-8-23-16-24(31(40)41)17-26(23)27)21-12-10-20(11-13-21)18-38-28(35)19-42-30(37-38)22-6-3-2-4-7-22/h2-13,24-25,35H,14-19H2,1H3,(H,36,39)(H,40,41). The highest BCUT2D eigenvalue weighted by Crippen LogP contribution is 2.34. The Kier molecular flexibility index (Phi) is 8.33. The minimum Gasteiger partial charge on any atom is -0.481 e. The first-order valence-electron chi connectivity index (χ1n) is 13.8. The number of carbonyl (C=O) groups is 2. The van der Waals surface area contributed by atoms with Crippen molar-refractivity contribution in [2.24, 2.45) is 11.0 Å². The lowest BCUT2D eigenvalue weighted by molar-refractivity contribution is -0.141. The van der Waals surface area contributed by atoms with Gasteiger partial charge in [0.05, 0.1) is 18.4 Å². The summed E-state index contributed by atoms with van der Waals surface area (Å²) in [5.41, 5.74) is 4.37. The molecule has 0 saturated heterocycles. The maximum Gasteiger partial charge on any atom is 0.307 e. The van der Waals surface area contributed by atoms with Gasteiger partial charge in [0.2, 0.25) is 17.7 Å². The van der Waals surface area contributed by atoms with Crippen molar-refractivity contribution in [1.29, 1.82) is 5.41 Å². The number of benzene rings is 3. The van der Waals surface area contributed by atoms with Crippen LogP contribution in [0.15, 0.2) is 77.9 Å². The molecule has 1 heterocycles. The number of carbonyl (C=O) groups excluding carboxylic acids is 1. The summed E-state index contributed by atoms with van der Waals surface area (Å²) in [5.74, 6) is -5.04. The summed E-state index contributed by atoms with van der Waals surface area (Å²) in [4.78, 5) is 25.1. The number of ether oxygens (including phenoxy) is 1. The van der Waals surface area contributed by atoms with Crippen LogP contribution in [-0.2, 0) is 33.7 Å². The minimum atomic E-state index is -2.94. The second kappa shape index (κ2) is 12.1. The molecule has 2 unspecified atom stereocenters. The van der Waals surface area contributed by atoms with E-state index in [-0.39, 0.29) is 18.9 Å². The molecule has 1 aliphatic heterocycles. The Morgan fingerprint density at radius 3 is 2.52 bits per heavy atom. The number of hydrogen-bond donors (Lipinski definition) is 3. The van der Waals surface area contributed by atoms with Crippen LogP contribution in [0.25, 0.3) is 0 Å². The second-order valence-electron chi connectivity index (χ2n) is 10.8. The van der Waals surface area contributed by atoms with Crippen molar-refractivity contribution in [3.05, 3.63) is 101 Å². The minimum absolute atomic E-state index is 0.0692. The normalized spacial score (nSPS) is 17.2. The van der Waals surface area contributed by atoms with Crippen molar-refractivity contribution in [3.63, 3.8) is 0 Å². The fourth-order valence-electron chi connectivity index (χ4n) is 5.30. The van der Waals surface area contributed by atoms with Crippen LogP contribution >= 0.6 is 0 Å². The van der Waals surface area contributed by atoms with Crippen LogP contribution in [0.2, 0.25) is 0 Å². The lowest BCUT2D eigenvalue weighted by Crippen LogP contribution is -2.35. The number of carboxylic acid groups (broad SMARTS) is 1. The summed E-state index contributed by atoms with van der Waals surface area (Å²) >= 11 is 0. The summed E-state index contributed by atoms with van der Waals surface area (Å²) in [6.45, 7) is 1.21. The molecule has 42 heavy (non-hydrogen) atoms. The number of nitrogens with zero attached hydrogens (tertiary/aromatic N) is 2. The number of halogens is 2. The predicted molar refractivity (Wildman–Crippen MR) is 155 cm³/mol. The summed E-state index contributed by atoms with van der Waals surface area (Å²) < 4.78 is 33.4.